The normalized spacial score (nSPS) is 13.2. The van der Waals surface area contributed by atoms with Crippen molar-refractivity contribution < 1.29 is 9.47 Å². The van der Waals surface area contributed by atoms with E-state index in [1.165, 1.54) is 5.56 Å². The van der Waals surface area contributed by atoms with E-state index in [1.54, 1.807) is 0 Å². The van der Waals surface area contributed by atoms with Gasteiger partial charge in [-0.1, -0.05) is 39.8 Å². The topological polar surface area (TPSA) is 30.5 Å². The summed E-state index contributed by atoms with van der Waals surface area (Å²) in [6, 6.07) is 8.80. The van der Waals surface area contributed by atoms with E-state index in [9.17, 15) is 0 Å². The molecule has 0 saturated carbocycles. The molecular weight excluding hydrogens is 262 g/mol. The SMILES string of the molecule is CCOCCOc1ccc(C(CC)NCC(C)(C)C)cc1. The van der Waals surface area contributed by atoms with Gasteiger partial charge in [0.2, 0.25) is 0 Å². The molecule has 3 heteroatoms. The predicted octanol–water partition coefficient (Wildman–Crippen LogP) is 4.19. The van der Waals surface area contributed by atoms with Crippen molar-refractivity contribution in [2.45, 2.75) is 47.1 Å². The highest BCUT2D eigenvalue weighted by Gasteiger charge is 2.14. The molecule has 1 aromatic carbocycles. The summed E-state index contributed by atoms with van der Waals surface area (Å²) in [5, 5.41) is 3.64. The minimum Gasteiger partial charge on any atom is -0.491 e. The Morgan fingerprint density at radius 2 is 1.71 bits per heavy atom. The first kappa shape index (κ1) is 18.0. The Morgan fingerprint density at radius 3 is 2.24 bits per heavy atom. The number of benzene rings is 1. The first-order valence-corrected chi connectivity index (χ1v) is 8.00. The molecule has 21 heavy (non-hydrogen) atoms. The summed E-state index contributed by atoms with van der Waals surface area (Å²) in [5.74, 6) is 0.907. The Balaban J connectivity index is 2.50. The molecule has 3 nitrogen and oxygen atoms in total. The molecule has 0 heterocycles. The Labute approximate surface area is 130 Å². The Bertz CT molecular complexity index is 381. The van der Waals surface area contributed by atoms with Crippen molar-refractivity contribution in [1.82, 2.24) is 5.32 Å². The molecule has 0 aliphatic carbocycles. The predicted molar refractivity (Wildman–Crippen MR) is 88.9 cm³/mol. The van der Waals surface area contributed by atoms with Gasteiger partial charge in [-0.15, -0.1) is 0 Å². The van der Waals surface area contributed by atoms with Crippen LogP contribution in [-0.4, -0.2) is 26.4 Å². The third-order valence-corrected chi connectivity index (χ3v) is 3.27. The molecule has 0 saturated heterocycles. The lowest BCUT2D eigenvalue weighted by Gasteiger charge is -2.24. The summed E-state index contributed by atoms with van der Waals surface area (Å²) in [7, 11) is 0. The van der Waals surface area contributed by atoms with Crippen LogP contribution in [0.1, 0.15) is 52.6 Å². The number of ether oxygens (including phenoxy) is 2. The number of hydrogen-bond acceptors (Lipinski definition) is 3. The maximum atomic E-state index is 5.65. The molecule has 0 bridgehead atoms. The maximum absolute atomic E-state index is 5.65. The van der Waals surface area contributed by atoms with Gasteiger partial charge < -0.3 is 14.8 Å². The first-order chi connectivity index (χ1) is 9.96. The molecule has 1 atom stereocenters. The molecule has 120 valence electrons. The standard InChI is InChI=1S/C18H31NO2/c1-6-17(19-14-18(3,4)5)15-8-10-16(11-9-15)21-13-12-20-7-2/h8-11,17,19H,6-7,12-14H2,1-5H3. The lowest BCUT2D eigenvalue weighted by molar-refractivity contribution is 0.110. The van der Waals surface area contributed by atoms with Crippen LogP contribution >= 0.6 is 0 Å². The zero-order valence-corrected chi connectivity index (χ0v) is 14.2. The summed E-state index contributed by atoms with van der Waals surface area (Å²) in [6.45, 7) is 14.0. The Kier molecular flexibility index (Phi) is 7.76. The summed E-state index contributed by atoms with van der Waals surface area (Å²) >= 11 is 0. The minimum atomic E-state index is 0.301. The van der Waals surface area contributed by atoms with Crippen molar-refractivity contribution in [2.24, 2.45) is 5.41 Å². The van der Waals surface area contributed by atoms with E-state index in [1.807, 2.05) is 19.1 Å². The zero-order valence-electron chi connectivity index (χ0n) is 14.2. The largest absolute Gasteiger partial charge is 0.491 e. The van der Waals surface area contributed by atoms with Crippen LogP contribution in [-0.2, 0) is 4.74 Å². The van der Waals surface area contributed by atoms with E-state index in [2.05, 4.69) is 45.1 Å². The van der Waals surface area contributed by atoms with Gasteiger partial charge in [-0.2, -0.15) is 0 Å². The van der Waals surface area contributed by atoms with E-state index in [-0.39, 0.29) is 0 Å². The molecule has 0 aliphatic rings. The molecule has 1 N–H and O–H groups in total. The Morgan fingerprint density at radius 1 is 1.05 bits per heavy atom. The fourth-order valence-electron chi connectivity index (χ4n) is 2.09. The second kappa shape index (κ2) is 9.06. The van der Waals surface area contributed by atoms with Gasteiger partial charge in [-0.25, -0.2) is 0 Å². The van der Waals surface area contributed by atoms with Crippen LogP contribution in [0.2, 0.25) is 0 Å². The molecule has 1 unspecified atom stereocenters. The van der Waals surface area contributed by atoms with Gasteiger partial charge in [0, 0.05) is 19.2 Å². The molecule has 0 aliphatic heterocycles. The highest BCUT2D eigenvalue weighted by atomic mass is 16.5. The van der Waals surface area contributed by atoms with E-state index in [0.29, 0.717) is 24.7 Å². The van der Waals surface area contributed by atoms with Crippen LogP contribution in [0, 0.1) is 5.41 Å². The number of rotatable bonds is 9. The van der Waals surface area contributed by atoms with E-state index in [4.69, 9.17) is 9.47 Å². The van der Waals surface area contributed by atoms with E-state index >= 15 is 0 Å². The minimum absolute atomic E-state index is 0.301. The van der Waals surface area contributed by atoms with Gasteiger partial charge >= 0.3 is 0 Å². The first-order valence-electron chi connectivity index (χ1n) is 8.00. The van der Waals surface area contributed by atoms with Gasteiger partial charge in [0.15, 0.2) is 0 Å². The van der Waals surface area contributed by atoms with Crippen LogP contribution in [0.25, 0.3) is 0 Å². The van der Waals surface area contributed by atoms with Gasteiger partial charge in [-0.3, -0.25) is 0 Å². The lowest BCUT2D eigenvalue weighted by Crippen LogP contribution is -2.30. The zero-order chi connectivity index (χ0) is 15.7. The average Bonchev–Trinajstić information content (AvgIpc) is 2.44. The molecule has 0 radical (unpaired) electrons. The van der Waals surface area contributed by atoms with E-state index < -0.39 is 0 Å². The quantitative estimate of drug-likeness (QED) is 0.693. The molecule has 0 spiro atoms. The molecule has 0 fully saturated rings. The average molecular weight is 293 g/mol. The van der Waals surface area contributed by atoms with Crippen molar-refractivity contribution >= 4 is 0 Å². The van der Waals surface area contributed by atoms with Crippen LogP contribution in [0.4, 0.5) is 0 Å². The second-order valence-electron chi connectivity index (χ2n) is 6.52. The molecule has 1 rings (SSSR count). The monoisotopic (exact) mass is 293 g/mol. The maximum Gasteiger partial charge on any atom is 0.119 e. The van der Waals surface area contributed by atoms with Crippen molar-refractivity contribution in [2.75, 3.05) is 26.4 Å². The summed E-state index contributed by atoms with van der Waals surface area (Å²) in [5.41, 5.74) is 1.62. The number of hydrogen-bond donors (Lipinski definition) is 1. The highest BCUT2D eigenvalue weighted by molar-refractivity contribution is 5.29. The summed E-state index contributed by atoms with van der Waals surface area (Å²) in [6.07, 6.45) is 1.08. The lowest BCUT2D eigenvalue weighted by atomic mass is 9.95. The van der Waals surface area contributed by atoms with Gasteiger partial charge in [0.05, 0.1) is 6.61 Å². The Hall–Kier alpha value is -1.06. The van der Waals surface area contributed by atoms with Crippen LogP contribution in [0.3, 0.4) is 0 Å². The van der Waals surface area contributed by atoms with Crippen molar-refractivity contribution in [3.8, 4) is 5.75 Å². The molecular formula is C18H31NO2. The third kappa shape index (κ3) is 7.49. The van der Waals surface area contributed by atoms with Crippen LogP contribution in [0.5, 0.6) is 5.75 Å². The number of nitrogens with one attached hydrogen (secondary N) is 1. The highest BCUT2D eigenvalue weighted by Crippen LogP contribution is 2.22. The molecule has 0 amide bonds. The van der Waals surface area contributed by atoms with Crippen molar-refractivity contribution in [3.05, 3.63) is 29.8 Å². The fourth-order valence-corrected chi connectivity index (χ4v) is 2.09. The summed E-state index contributed by atoms with van der Waals surface area (Å²) < 4.78 is 10.9. The van der Waals surface area contributed by atoms with Gasteiger partial charge in [-0.05, 0) is 36.5 Å². The van der Waals surface area contributed by atoms with Crippen LogP contribution in [0.15, 0.2) is 24.3 Å². The van der Waals surface area contributed by atoms with Gasteiger partial charge in [0.25, 0.3) is 0 Å². The van der Waals surface area contributed by atoms with E-state index in [0.717, 1.165) is 25.3 Å². The molecule has 1 aromatic rings. The fraction of sp³-hybridized carbons (Fsp3) is 0.667. The van der Waals surface area contributed by atoms with Gasteiger partial charge in [0.1, 0.15) is 12.4 Å². The second-order valence-corrected chi connectivity index (χ2v) is 6.52. The van der Waals surface area contributed by atoms with Crippen LogP contribution < -0.4 is 10.1 Å². The smallest absolute Gasteiger partial charge is 0.119 e. The molecule has 0 aromatic heterocycles. The third-order valence-electron chi connectivity index (χ3n) is 3.27. The van der Waals surface area contributed by atoms with Crippen molar-refractivity contribution in [3.63, 3.8) is 0 Å². The summed E-state index contributed by atoms with van der Waals surface area (Å²) in [4.78, 5) is 0. The van der Waals surface area contributed by atoms with Crippen molar-refractivity contribution in [1.29, 1.82) is 0 Å².